The fourth-order valence-electron chi connectivity index (χ4n) is 6.36. The zero-order valence-corrected chi connectivity index (χ0v) is 14.4. The van der Waals surface area contributed by atoms with Crippen LogP contribution in [-0.4, -0.2) is 15.7 Å². The van der Waals surface area contributed by atoms with Gasteiger partial charge in [-0.25, -0.2) is 0 Å². The minimum Gasteiger partial charge on any atom is -0.0911 e. The third kappa shape index (κ3) is 2.43. The maximum Gasteiger partial charge on any atom is 0.0631 e. The van der Waals surface area contributed by atoms with Crippen molar-refractivity contribution in [1.29, 1.82) is 0 Å². The number of fused-ring (bicyclic) bond motifs is 5. The lowest BCUT2D eigenvalue weighted by atomic mass is 9.34. The molecule has 6 atom stereocenters. The van der Waals surface area contributed by atoms with Crippen molar-refractivity contribution in [1.82, 2.24) is 0 Å². The predicted molar refractivity (Wildman–Crippen MR) is 92.7 cm³/mol. The highest BCUT2D eigenvalue weighted by atomic mass is 14.6. The average molecular weight is 282 g/mol. The molecule has 0 spiro atoms. The second kappa shape index (κ2) is 5.64. The Morgan fingerprint density at radius 2 is 1.57 bits per heavy atom. The lowest BCUT2D eigenvalue weighted by Gasteiger charge is -2.54. The normalized spacial score (nSPS) is 41.8. The molecule has 0 saturated heterocycles. The van der Waals surface area contributed by atoms with E-state index < -0.39 is 5.21 Å². The van der Waals surface area contributed by atoms with Crippen LogP contribution in [0.25, 0.3) is 0 Å². The van der Waals surface area contributed by atoms with Crippen molar-refractivity contribution in [3.8, 4) is 0 Å². The SMILES string of the molecule is [B]C([B])(C1CCC2C3CCC(C3)C2C1)C(C)(CC)CCC. The summed E-state index contributed by atoms with van der Waals surface area (Å²) >= 11 is 0. The van der Waals surface area contributed by atoms with Crippen molar-refractivity contribution >= 4 is 15.7 Å². The third-order valence-corrected chi connectivity index (χ3v) is 7.98. The van der Waals surface area contributed by atoms with Gasteiger partial charge in [0.1, 0.15) is 0 Å². The standard InChI is InChI=1S/C19H32B2/c1-4-10-18(3,5-2)19(20,21)15-8-9-16-13-6-7-14(11-13)17(16)12-15/h13-17H,4-12H2,1-3H3. The van der Waals surface area contributed by atoms with Crippen molar-refractivity contribution in [2.45, 2.75) is 83.8 Å². The van der Waals surface area contributed by atoms with Gasteiger partial charge in [0.2, 0.25) is 0 Å². The Hall–Kier alpha value is 0.130. The van der Waals surface area contributed by atoms with Gasteiger partial charge in [0, 0.05) is 0 Å². The van der Waals surface area contributed by atoms with Crippen LogP contribution >= 0.6 is 0 Å². The second-order valence-electron chi connectivity index (χ2n) is 8.77. The predicted octanol–water partition coefficient (Wildman–Crippen LogP) is 5.12. The first kappa shape index (κ1) is 16.0. The van der Waals surface area contributed by atoms with Gasteiger partial charge in [-0.1, -0.05) is 51.2 Å². The molecule has 4 radical (unpaired) electrons. The van der Waals surface area contributed by atoms with E-state index in [0.717, 1.165) is 36.5 Å². The Bertz CT molecular complexity index is 378. The summed E-state index contributed by atoms with van der Waals surface area (Å²) in [6.07, 6.45) is 12.0. The Kier molecular flexibility index (Phi) is 4.30. The molecule has 0 amide bonds. The molecule has 6 unspecified atom stereocenters. The zero-order valence-electron chi connectivity index (χ0n) is 14.4. The molecule has 0 nitrogen and oxygen atoms in total. The summed E-state index contributed by atoms with van der Waals surface area (Å²) in [7, 11) is 13.7. The molecule has 0 aromatic rings. The summed E-state index contributed by atoms with van der Waals surface area (Å²) in [5.41, 5.74) is 0.0941. The molecule has 3 aliphatic carbocycles. The second-order valence-corrected chi connectivity index (χ2v) is 8.77. The summed E-state index contributed by atoms with van der Waals surface area (Å²) < 4.78 is 0. The van der Waals surface area contributed by atoms with Gasteiger partial charge in [-0.2, -0.15) is 0 Å². The van der Waals surface area contributed by atoms with E-state index in [9.17, 15) is 0 Å². The topological polar surface area (TPSA) is 0 Å². The highest BCUT2D eigenvalue weighted by Gasteiger charge is 2.53. The largest absolute Gasteiger partial charge is 0.0911 e. The summed E-state index contributed by atoms with van der Waals surface area (Å²) in [5, 5.41) is -0.482. The van der Waals surface area contributed by atoms with Gasteiger partial charge in [-0.15, -0.1) is 0 Å². The first-order chi connectivity index (χ1) is 9.93. The van der Waals surface area contributed by atoms with Gasteiger partial charge in [0.15, 0.2) is 0 Å². The Balaban J connectivity index is 1.74. The zero-order chi connectivity index (χ0) is 15.3. The molecule has 0 aromatic heterocycles. The highest BCUT2D eigenvalue weighted by Crippen LogP contribution is 2.63. The first-order valence-electron chi connectivity index (χ1n) is 9.50. The van der Waals surface area contributed by atoms with E-state index in [1.54, 1.807) is 0 Å². The molecule has 3 saturated carbocycles. The van der Waals surface area contributed by atoms with Crippen molar-refractivity contribution in [2.24, 2.45) is 35.0 Å². The van der Waals surface area contributed by atoms with Gasteiger partial charge in [-0.3, -0.25) is 0 Å². The quantitative estimate of drug-likeness (QED) is 0.614. The van der Waals surface area contributed by atoms with Crippen LogP contribution in [0.4, 0.5) is 0 Å². The molecule has 3 rings (SSSR count). The molecule has 0 heterocycles. The van der Waals surface area contributed by atoms with Gasteiger partial charge in [0.25, 0.3) is 0 Å². The molecule has 21 heavy (non-hydrogen) atoms. The molecule has 2 bridgehead atoms. The van der Waals surface area contributed by atoms with E-state index in [4.69, 9.17) is 15.7 Å². The van der Waals surface area contributed by atoms with Gasteiger partial charge in [-0.05, 0) is 67.6 Å². The molecule has 0 aromatic carbocycles. The molecule has 2 heteroatoms. The summed E-state index contributed by atoms with van der Waals surface area (Å²) in [4.78, 5) is 0. The molecular formula is C19H32B2. The van der Waals surface area contributed by atoms with Gasteiger partial charge < -0.3 is 0 Å². The van der Waals surface area contributed by atoms with E-state index >= 15 is 0 Å². The molecule has 114 valence electrons. The highest BCUT2D eigenvalue weighted by molar-refractivity contribution is 6.40. The van der Waals surface area contributed by atoms with Crippen molar-refractivity contribution in [2.75, 3.05) is 0 Å². The average Bonchev–Trinajstić information content (AvgIpc) is 3.08. The Labute approximate surface area is 135 Å². The van der Waals surface area contributed by atoms with Crippen molar-refractivity contribution in [3.63, 3.8) is 0 Å². The lowest BCUT2D eigenvalue weighted by Crippen LogP contribution is -2.44. The lowest BCUT2D eigenvalue weighted by molar-refractivity contribution is 0.0737. The molecule has 0 N–H and O–H groups in total. The van der Waals surface area contributed by atoms with Crippen LogP contribution in [0.15, 0.2) is 0 Å². The Morgan fingerprint density at radius 3 is 2.19 bits per heavy atom. The van der Waals surface area contributed by atoms with Crippen LogP contribution in [0.3, 0.4) is 0 Å². The summed E-state index contributed by atoms with van der Waals surface area (Å²) in [6.45, 7) is 6.87. The van der Waals surface area contributed by atoms with E-state index in [1.165, 1.54) is 44.9 Å². The van der Waals surface area contributed by atoms with Crippen LogP contribution < -0.4 is 0 Å². The van der Waals surface area contributed by atoms with Crippen molar-refractivity contribution < 1.29 is 0 Å². The number of hydrogen-bond acceptors (Lipinski definition) is 0. The van der Waals surface area contributed by atoms with Crippen LogP contribution in [0.2, 0.25) is 5.21 Å². The Morgan fingerprint density at radius 1 is 0.905 bits per heavy atom. The molecule has 0 aliphatic heterocycles. The van der Waals surface area contributed by atoms with Gasteiger partial charge in [0.05, 0.1) is 15.7 Å². The smallest absolute Gasteiger partial charge is 0.0631 e. The van der Waals surface area contributed by atoms with Crippen LogP contribution in [0.5, 0.6) is 0 Å². The van der Waals surface area contributed by atoms with Gasteiger partial charge >= 0.3 is 0 Å². The van der Waals surface area contributed by atoms with E-state index in [2.05, 4.69) is 20.8 Å². The number of rotatable bonds is 5. The molecular weight excluding hydrogens is 250 g/mol. The van der Waals surface area contributed by atoms with Crippen LogP contribution in [0.1, 0.15) is 78.6 Å². The van der Waals surface area contributed by atoms with Crippen LogP contribution in [-0.2, 0) is 0 Å². The van der Waals surface area contributed by atoms with E-state index in [-0.39, 0.29) is 5.41 Å². The van der Waals surface area contributed by atoms with Crippen molar-refractivity contribution in [3.05, 3.63) is 0 Å². The molecule has 3 aliphatic rings. The maximum atomic E-state index is 6.83. The molecule has 3 fully saturated rings. The number of hydrogen-bond donors (Lipinski definition) is 0. The third-order valence-electron chi connectivity index (χ3n) is 7.98. The minimum atomic E-state index is -0.482. The fourth-order valence-corrected chi connectivity index (χ4v) is 6.36. The monoisotopic (exact) mass is 282 g/mol. The first-order valence-corrected chi connectivity index (χ1v) is 9.50. The van der Waals surface area contributed by atoms with E-state index in [1.807, 2.05) is 0 Å². The van der Waals surface area contributed by atoms with E-state index in [0.29, 0.717) is 5.92 Å². The summed E-state index contributed by atoms with van der Waals surface area (Å²) in [5.74, 6) is 4.58. The maximum absolute atomic E-state index is 6.83. The fraction of sp³-hybridized carbons (Fsp3) is 1.00. The summed E-state index contributed by atoms with van der Waals surface area (Å²) in [6, 6.07) is 0. The van der Waals surface area contributed by atoms with Crippen LogP contribution in [0, 0.1) is 35.0 Å². The minimum absolute atomic E-state index is 0.0941.